The zero-order valence-electron chi connectivity index (χ0n) is 18.8. The number of amides is 1. The number of carbonyl (C=O) groups is 1. The fourth-order valence-electron chi connectivity index (χ4n) is 3.50. The number of thioether (sulfide) groups is 1. The van der Waals surface area contributed by atoms with E-state index in [1.165, 1.54) is 35.2 Å². The lowest BCUT2D eigenvalue weighted by molar-refractivity contribution is -0.113. The zero-order chi connectivity index (χ0) is 24.9. The van der Waals surface area contributed by atoms with Crippen molar-refractivity contribution < 1.29 is 9.18 Å². The van der Waals surface area contributed by atoms with E-state index >= 15 is 0 Å². The third kappa shape index (κ3) is 5.89. The van der Waals surface area contributed by atoms with E-state index in [0.29, 0.717) is 22.5 Å². The highest BCUT2D eigenvalue weighted by Crippen LogP contribution is 2.29. The summed E-state index contributed by atoms with van der Waals surface area (Å²) >= 11 is 6.18. The summed E-state index contributed by atoms with van der Waals surface area (Å²) in [4.78, 5) is 18.0. The topological polar surface area (TPSA) is 72.7 Å². The van der Waals surface area contributed by atoms with Gasteiger partial charge in [-0.1, -0.05) is 70.2 Å². The summed E-state index contributed by atoms with van der Waals surface area (Å²) in [5, 5.41) is 12.8. The Kier molecular flexibility index (Phi) is 7.55. The first kappa shape index (κ1) is 24.4. The van der Waals surface area contributed by atoms with Crippen molar-refractivity contribution in [2.45, 2.75) is 11.6 Å². The second-order valence-electron chi connectivity index (χ2n) is 7.76. The van der Waals surface area contributed by atoms with Gasteiger partial charge < -0.3 is 5.32 Å². The monoisotopic (exact) mass is 579 g/mol. The number of benzene rings is 3. The van der Waals surface area contributed by atoms with Crippen molar-refractivity contribution in [3.05, 3.63) is 106 Å². The smallest absolute Gasteiger partial charge is 0.236 e. The number of thiazole rings is 1. The molecule has 36 heavy (non-hydrogen) atoms. The van der Waals surface area contributed by atoms with Gasteiger partial charge >= 0.3 is 0 Å². The SMILES string of the molecule is O=C(CSc1nnc(-c2ccc(Br)cc2)n1-c1ccccc1)Nc1ncc(Cc2ccc(F)cc2)s1. The maximum atomic E-state index is 13.1. The van der Waals surface area contributed by atoms with Crippen LogP contribution in [0.15, 0.2) is 94.7 Å². The number of nitrogens with zero attached hydrogens (tertiary/aromatic N) is 4. The number of carbonyl (C=O) groups excluding carboxylic acids is 1. The number of hydrogen-bond acceptors (Lipinski definition) is 6. The summed E-state index contributed by atoms with van der Waals surface area (Å²) in [6, 6.07) is 24.0. The van der Waals surface area contributed by atoms with Crippen LogP contribution in [0.25, 0.3) is 17.1 Å². The Morgan fingerprint density at radius 3 is 2.50 bits per heavy atom. The van der Waals surface area contributed by atoms with Crippen LogP contribution in [0.2, 0.25) is 0 Å². The van der Waals surface area contributed by atoms with E-state index < -0.39 is 0 Å². The Labute approximate surface area is 223 Å². The highest BCUT2D eigenvalue weighted by atomic mass is 79.9. The van der Waals surface area contributed by atoms with Crippen LogP contribution in [-0.2, 0) is 11.2 Å². The lowest BCUT2D eigenvalue weighted by atomic mass is 10.1. The number of hydrogen-bond donors (Lipinski definition) is 1. The van der Waals surface area contributed by atoms with E-state index in [0.717, 1.165) is 26.2 Å². The summed E-state index contributed by atoms with van der Waals surface area (Å²) in [5.74, 6) is 0.399. The quantitative estimate of drug-likeness (QED) is 0.209. The van der Waals surface area contributed by atoms with Crippen molar-refractivity contribution in [2.24, 2.45) is 0 Å². The molecule has 180 valence electrons. The van der Waals surface area contributed by atoms with Gasteiger partial charge in [-0.3, -0.25) is 9.36 Å². The van der Waals surface area contributed by atoms with E-state index in [-0.39, 0.29) is 17.5 Å². The van der Waals surface area contributed by atoms with Gasteiger partial charge in [0.25, 0.3) is 0 Å². The fourth-order valence-corrected chi connectivity index (χ4v) is 5.37. The highest BCUT2D eigenvalue weighted by molar-refractivity contribution is 9.10. The molecule has 0 radical (unpaired) electrons. The molecule has 0 saturated heterocycles. The van der Waals surface area contributed by atoms with Gasteiger partial charge in [0.15, 0.2) is 16.1 Å². The van der Waals surface area contributed by atoms with Crippen molar-refractivity contribution in [1.82, 2.24) is 19.7 Å². The summed E-state index contributed by atoms with van der Waals surface area (Å²) in [7, 11) is 0. The third-order valence-corrected chi connectivity index (χ3v) is 7.54. The molecule has 0 aliphatic carbocycles. The van der Waals surface area contributed by atoms with Crippen molar-refractivity contribution in [1.29, 1.82) is 0 Å². The number of nitrogens with one attached hydrogen (secondary N) is 1. The largest absolute Gasteiger partial charge is 0.301 e. The van der Waals surface area contributed by atoms with Crippen LogP contribution in [0.4, 0.5) is 9.52 Å². The summed E-state index contributed by atoms with van der Waals surface area (Å²) in [6.45, 7) is 0. The number of rotatable bonds is 8. The van der Waals surface area contributed by atoms with Crippen LogP contribution in [0, 0.1) is 5.82 Å². The predicted octanol–water partition coefficient (Wildman–Crippen LogP) is 6.61. The molecule has 5 aromatic rings. The molecule has 0 spiro atoms. The Bertz CT molecular complexity index is 1470. The fraction of sp³-hybridized carbons (Fsp3) is 0.0769. The second-order valence-corrected chi connectivity index (χ2v) is 10.7. The van der Waals surface area contributed by atoms with E-state index in [1.54, 1.807) is 18.3 Å². The molecule has 5 rings (SSSR count). The molecule has 10 heteroatoms. The molecule has 0 saturated carbocycles. The molecule has 2 aromatic heterocycles. The van der Waals surface area contributed by atoms with Crippen LogP contribution in [-0.4, -0.2) is 31.4 Å². The Balaban J connectivity index is 1.28. The molecule has 6 nitrogen and oxygen atoms in total. The molecular weight excluding hydrogens is 561 g/mol. The van der Waals surface area contributed by atoms with Crippen molar-refractivity contribution in [3.63, 3.8) is 0 Å². The van der Waals surface area contributed by atoms with Crippen molar-refractivity contribution in [3.8, 4) is 17.1 Å². The molecule has 1 amide bonds. The standard InChI is InChI=1S/C26H19BrFN5OS2/c27-19-10-8-18(9-11-19)24-31-32-26(33(24)21-4-2-1-3-5-21)35-16-23(34)30-25-29-15-22(36-25)14-17-6-12-20(28)13-7-17/h1-13,15H,14,16H2,(H,29,30,34). The first-order valence-electron chi connectivity index (χ1n) is 10.9. The minimum absolute atomic E-state index is 0.151. The Morgan fingerprint density at radius 2 is 1.75 bits per heavy atom. The Morgan fingerprint density at radius 1 is 1.00 bits per heavy atom. The van der Waals surface area contributed by atoms with E-state index in [9.17, 15) is 9.18 Å². The zero-order valence-corrected chi connectivity index (χ0v) is 22.0. The van der Waals surface area contributed by atoms with Gasteiger partial charge in [-0.25, -0.2) is 9.37 Å². The van der Waals surface area contributed by atoms with Crippen LogP contribution >= 0.6 is 39.0 Å². The molecule has 3 aromatic carbocycles. The normalized spacial score (nSPS) is 10.9. The maximum absolute atomic E-state index is 13.1. The van der Waals surface area contributed by atoms with Gasteiger partial charge in [0, 0.05) is 33.2 Å². The van der Waals surface area contributed by atoms with Crippen LogP contribution in [0.1, 0.15) is 10.4 Å². The molecule has 1 N–H and O–H groups in total. The molecule has 0 aliphatic heterocycles. The van der Waals surface area contributed by atoms with Crippen LogP contribution in [0.5, 0.6) is 0 Å². The molecule has 0 bridgehead atoms. The third-order valence-electron chi connectivity index (χ3n) is 5.17. The number of halogens is 2. The Hall–Kier alpha value is -3.34. The van der Waals surface area contributed by atoms with Gasteiger partial charge in [0.1, 0.15) is 5.82 Å². The van der Waals surface area contributed by atoms with Crippen LogP contribution < -0.4 is 5.32 Å². The molecule has 2 heterocycles. The first-order valence-corrected chi connectivity index (χ1v) is 13.5. The molecule has 0 atom stereocenters. The van der Waals surface area contributed by atoms with E-state index in [2.05, 4.69) is 36.4 Å². The van der Waals surface area contributed by atoms with E-state index in [1.807, 2.05) is 59.2 Å². The van der Waals surface area contributed by atoms with Crippen LogP contribution in [0.3, 0.4) is 0 Å². The minimum atomic E-state index is -0.263. The minimum Gasteiger partial charge on any atom is -0.301 e. The predicted molar refractivity (Wildman–Crippen MR) is 145 cm³/mol. The second kappa shape index (κ2) is 11.2. The molecule has 0 fully saturated rings. The van der Waals surface area contributed by atoms with Crippen molar-refractivity contribution in [2.75, 3.05) is 11.1 Å². The van der Waals surface area contributed by atoms with Gasteiger partial charge in [-0.2, -0.15) is 0 Å². The molecular formula is C26H19BrFN5OS2. The number of aromatic nitrogens is 4. The number of anilines is 1. The van der Waals surface area contributed by atoms with Gasteiger partial charge in [0.05, 0.1) is 5.75 Å². The lowest BCUT2D eigenvalue weighted by Crippen LogP contribution is -2.14. The lowest BCUT2D eigenvalue weighted by Gasteiger charge is -2.10. The summed E-state index contributed by atoms with van der Waals surface area (Å²) in [5.41, 5.74) is 2.81. The maximum Gasteiger partial charge on any atom is 0.236 e. The first-order chi connectivity index (χ1) is 17.5. The number of para-hydroxylation sites is 1. The average molecular weight is 581 g/mol. The average Bonchev–Trinajstić information content (AvgIpc) is 3.52. The molecule has 0 aliphatic rings. The molecule has 0 unspecified atom stereocenters. The van der Waals surface area contributed by atoms with Gasteiger partial charge in [-0.05, 0) is 42.0 Å². The highest BCUT2D eigenvalue weighted by Gasteiger charge is 2.18. The van der Waals surface area contributed by atoms with Gasteiger partial charge in [0.2, 0.25) is 5.91 Å². The van der Waals surface area contributed by atoms with Crippen molar-refractivity contribution >= 4 is 50.1 Å². The summed E-state index contributed by atoms with van der Waals surface area (Å²) < 4.78 is 16.0. The van der Waals surface area contributed by atoms with Gasteiger partial charge in [-0.15, -0.1) is 21.5 Å². The summed E-state index contributed by atoms with van der Waals surface area (Å²) in [6.07, 6.45) is 2.36. The van der Waals surface area contributed by atoms with E-state index in [4.69, 9.17) is 0 Å².